The van der Waals surface area contributed by atoms with Crippen LogP contribution in [-0.4, -0.2) is 11.1 Å². The van der Waals surface area contributed by atoms with Crippen molar-refractivity contribution in [3.05, 3.63) is 27.7 Å². The molecule has 90 valence electrons. The molecule has 3 N–H and O–H groups in total. The number of phenolic OH excluding ortho intramolecular Hbond substituents is 1. The summed E-state index contributed by atoms with van der Waals surface area (Å²) in [7, 11) is 0. The van der Waals surface area contributed by atoms with Crippen molar-refractivity contribution in [1.82, 2.24) is 0 Å². The molecule has 0 aliphatic heterocycles. The molecule has 16 heavy (non-hydrogen) atoms. The van der Waals surface area contributed by atoms with Gasteiger partial charge in [0.05, 0.1) is 0 Å². The van der Waals surface area contributed by atoms with Crippen molar-refractivity contribution in [1.29, 1.82) is 0 Å². The highest BCUT2D eigenvalue weighted by atomic mass is 79.9. The molecule has 0 bridgehead atoms. The average Bonchev–Trinajstić information content (AvgIpc) is 2.07. The van der Waals surface area contributed by atoms with Gasteiger partial charge in [-0.1, -0.05) is 36.7 Å². The summed E-state index contributed by atoms with van der Waals surface area (Å²) in [6.45, 7) is 8.20. The SMILES string of the molecule is CC(N)Cc1cc(Br)cc(C(C)(C)C)c1O. The number of benzene rings is 1. The van der Waals surface area contributed by atoms with Crippen LogP contribution in [0.25, 0.3) is 0 Å². The highest BCUT2D eigenvalue weighted by Crippen LogP contribution is 2.36. The van der Waals surface area contributed by atoms with E-state index < -0.39 is 0 Å². The van der Waals surface area contributed by atoms with E-state index in [1.165, 1.54) is 0 Å². The molecule has 0 heterocycles. The Bertz CT molecular complexity index is 380. The molecule has 0 radical (unpaired) electrons. The lowest BCUT2D eigenvalue weighted by Gasteiger charge is -2.23. The molecule has 0 fully saturated rings. The first-order valence-electron chi connectivity index (χ1n) is 5.49. The summed E-state index contributed by atoms with van der Waals surface area (Å²) < 4.78 is 0.992. The van der Waals surface area contributed by atoms with E-state index in [1.54, 1.807) is 0 Å². The molecule has 3 heteroatoms. The number of nitrogens with two attached hydrogens (primary N) is 1. The van der Waals surface area contributed by atoms with Gasteiger partial charge in [0.2, 0.25) is 0 Å². The number of phenols is 1. The molecule has 1 rings (SSSR count). The van der Waals surface area contributed by atoms with Gasteiger partial charge >= 0.3 is 0 Å². The third-order valence-electron chi connectivity index (χ3n) is 2.50. The minimum absolute atomic E-state index is 0.0491. The van der Waals surface area contributed by atoms with Crippen LogP contribution in [0.5, 0.6) is 5.75 Å². The van der Waals surface area contributed by atoms with Crippen molar-refractivity contribution >= 4 is 15.9 Å². The summed E-state index contributed by atoms with van der Waals surface area (Å²) in [6.07, 6.45) is 0.689. The zero-order valence-electron chi connectivity index (χ0n) is 10.3. The van der Waals surface area contributed by atoms with Crippen LogP contribution in [0.15, 0.2) is 16.6 Å². The smallest absolute Gasteiger partial charge is 0.122 e. The third kappa shape index (κ3) is 3.22. The summed E-state index contributed by atoms with van der Waals surface area (Å²) in [4.78, 5) is 0. The Hall–Kier alpha value is -0.540. The van der Waals surface area contributed by atoms with Gasteiger partial charge in [-0.05, 0) is 36.5 Å². The topological polar surface area (TPSA) is 46.2 Å². The Morgan fingerprint density at radius 3 is 2.38 bits per heavy atom. The van der Waals surface area contributed by atoms with Gasteiger partial charge in [0, 0.05) is 16.1 Å². The van der Waals surface area contributed by atoms with Crippen LogP contribution < -0.4 is 5.73 Å². The molecule has 0 spiro atoms. The third-order valence-corrected chi connectivity index (χ3v) is 2.96. The summed E-state index contributed by atoms with van der Waals surface area (Å²) >= 11 is 3.48. The molecule has 0 amide bonds. The summed E-state index contributed by atoms with van der Waals surface area (Å²) in [5, 5.41) is 10.2. The standard InChI is InChI=1S/C13H20BrNO/c1-8(15)5-9-6-10(14)7-11(12(9)16)13(2,3)4/h6-8,16H,5,15H2,1-4H3. The maximum Gasteiger partial charge on any atom is 0.122 e. The fourth-order valence-electron chi connectivity index (χ4n) is 1.73. The zero-order valence-corrected chi connectivity index (χ0v) is 11.9. The van der Waals surface area contributed by atoms with Crippen LogP contribution in [0.2, 0.25) is 0 Å². The highest BCUT2D eigenvalue weighted by Gasteiger charge is 2.21. The van der Waals surface area contributed by atoms with Crippen LogP contribution >= 0.6 is 15.9 Å². The van der Waals surface area contributed by atoms with E-state index >= 15 is 0 Å². The van der Waals surface area contributed by atoms with Gasteiger partial charge < -0.3 is 10.8 Å². The zero-order chi connectivity index (χ0) is 12.5. The number of hydrogen-bond donors (Lipinski definition) is 2. The fraction of sp³-hybridized carbons (Fsp3) is 0.538. The van der Waals surface area contributed by atoms with Gasteiger partial charge in [-0.3, -0.25) is 0 Å². The van der Waals surface area contributed by atoms with Crippen LogP contribution in [0.1, 0.15) is 38.8 Å². The first-order chi connectivity index (χ1) is 7.21. The molecular weight excluding hydrogens is 266 g/mol. The molecule has 1 unspecified atom stereocenters. The van der Waals surface area contributed by atoms with Crippen molar-refractivity contribution in [2.24, 2.45) is 5.73 Å². The van der Waals surface area contributed by atoms with Crippen LogP contribution in [0.4, 0.5) is 0 Å². The van der Waals surface area contributed by atoms with Gasteiger partial charge in [0.25, 0.3) is 0 Å². The number of rotatable bonds is 2. The molecule has 0 saturated heterocycles. The lowest BCUT2D eigenvalue weighted by molar-refractivity contribution is 0.438. The number of aromatic hydroxyl groups is 1. The molecule has 2 nitrogen and oxygen atoms in total. The van der Waals surface area contributed by atoms with Crippen molar-refractivity contribution < 1.29 is 5.11 Å². The minimum Gasteiger partial charge on any atom is -0.507 e. The highest BCUT2D eigenvalue weighted by molar-refractivity contribution is 9.10. The van der Waals surface area contributed by atoms with E-state index in [0.29, 0.717) is 12.2 Å². The Balaban J connectivity index is 3.26. The van der Waals surface area contributed by atoms with E-state index in [0.717, 1.165) is 15.6 Å². The Labute approximate surface area is 106 Å². The normalized spacial score (nSPS) is 13.9. The van der Waals surface area contributed by atoms with Gasteiger partial charge in [-0.15, -0.1) is 0 Å². The largest absolute Gasteiger partial charge is 0.507 e. The van der Waals surface area contributed by atoms with Gasteiger partial charge in [0.1, 0.15) is 5.75 Å². The van der Waals surface area contributed by atoms with E-state index in [9.17, 15) is 5.11 Å². The Morgan fingerprint density at radius 1 is 1.38 bits per heavy atom. The van der Waals surface area contributed by atoms with E-state index in [-0.39, 0.29) is 11.5 Å². The second-order valence-electron chi connectivity index (χ2n) is 5.39. The maximum atomic E-state index is 10.2. The quantitative estimate of drug-likeness (QED) is 0.876. The Kier molecular flexibility index (Phi) is 4.02. The summed E-state index contributed by atoms with van der Waals surface area (Å²) in [5.74, 6) is 0.382. The lowest BCUT2D eigenvalue weighted by atomic mass is 9.84. The molecule has 0 aromatic heterocycles. The Morgan fingerprint density at radius 2 is 1.94 bits per heavy atom. The minimum atomic E-state index is -0.0690. The molecule has 0 aliphatic carbocycles. The molecule has 1 aromatic carbocycles. The first kappa shape index (κ1) is 13.5. The molecular formula is C13H20BrNO. The van der Waals surface area contributed by atoms with Gasteiger partial charge in [0.15, 0.2) is 0 Å². The van der Waals surface area contributed by atoms with E-state index in [2.05, 4.69) is 36.7 Å². The van der Waals surface area contributed by atoms with Crippen molar-refractivity contribution in [2.75, 3.05) is 0 Å². The van der Waals surface area contributed by atoms with Crippen molar-refractivity contribution in [2.45, 2.75) is 45.6 Å². The molecule has 0 aliphatic rings. The molecule has 1 aromatic rings. The summed E-state index contributed by atoms with van der Waals surface area (Å²) in [6, 6.07) is 3.96. The van der Waals surface area contributed by atoms with E-state index in [1.807, 2.05) is 19.1 Å². The average molecular weight is 286 g/mol. The molecule has 0 saturated carbocycles. The van der Waals surface area contributed by atoms with Crippen LogP contribution in [-0.2, 0) is 11.8 Å². The molecule has 1 atom stereocenters. The predicted octanol–water partition coefficient (Wildman–Crippen LogP) is 3.34. The predicted molar refractivity (Wildman–Crippen MR) is 71.9 cm³/mol. The van der Waals surface area contributed by atoms with E-state index in [4.69, 9.17) is 5.73 Å². The second kappa shape index (κ2) is 4.76. The van der Waals surface area contributed by atoms with Crippen molar-refractivity contribution in [3.8, 4) is 5.75 Å². The number of halogens is 1. The monoisotopic (exact) mass is 285 g/mol. The van der Waals surface area contributed by atoms with Gasteiger partial charge in [-0.25, -0.2) is 0 Å². The van der Waals surface area contributed by atoms with Crippen LogP contribution in [0, 0.1) is 0 Å². The van der Waals surface area contributed by atoms with Crippen molar-refractivity contribution in [3.63, 3.8) is 0 Å². The fourth-order valence-corrected chi connectivity index (χ4v) is 2.24. The van der Waals surface area contributed by atoms with Gasteiger partial charge in [-0.2, -0.15) is 0 Å². The lowest BCUT2D eigenvalue weighted by Crippen LogP contribution is -2.19. The maximum absolute atomic E-state index is 10.2. The second-order valence-corrected chi connectivity index (χ2v) is 6.31. The first-order valence-corrected chi connectivity index (χ1v) is 6.28. The van der Waals surface area contributed by atoms with Crippen LogP contribution in [0.3, 0.4) is 0 Å². The number of hydrogen-bond acceptors (Lipinski definition) is 2. The summed E-state index contributed by atoms with van der Waals surface area (Å²) in [5.41, 5.74) is 7.57.